The van der Waals surface area contributed by atoms with Crippen LogP contribution in [0.4, 0.5) is 0 Å². The van der Waals surface area contributed by atoms with Crippen molar-refractivity contribution in [3.05, 3.63) is 75.3 Å². The molecule has 0 fully saturated rings. The van der Waals surface area contributed by atoms with Crippen LogP contribution in [0, 0.1) is 24.2 Å². The standard InChI is InChI=1S/C29H36Cl2N2O4S/c1-17(2)13-20(28(32)35)15-24(34)21-16-26(29(4,5)6)33(27(21)19-11-12-22(30)23(31)14-19)38(36,37)25-10-8-7-9-18(25)3/h7-12,14,16-17,20,26-27H,13,15H2,1-6H3,(H2,32,35)/t20-,26+,27?/m1/s1. The van der Waals surface area contributed by atoms with Crippen LogP contribution in [0.1, 0.15) is 64.6 Å². The zero-order valence-electron chi connectivity index (χ0n) is 22.7. The number of carbonyl (C=O) groups excluding carboxylic acids is 2. The van der Waals surface area contributed by atoms with E-state index in [2.05, 4.69) is 0 Å². The lowest BCUT2D eigenvalue weighted by atomic mass is 9.86. The molecular weight excluding hydrogens is 543 g/mol. The zero-order chi connectivity index (χ0) is 28.6. The largest absolute Gasteiger partial charge is 0.369 e. The maximum atomic E-state index is 14.3. The number of primary amides is 1. The first-order chi connectivity index (χ1) is 17.6. The van der Waals surface area contributed by atoms with E-state index in [1.807, 2.05) is 34.6 Å². The summed E-state index contributed by atoms with van der Waals surface area (Å²) in [4.78, 5) is 26.2. The quantitative estimate of drug-likeness (QED) is 0.367. The fraction of sp³-hybridized carbons (Fsp3) is 0.448. The van der Waals surface area contributed by atoms with Crippen LogP contribution in [-0.2, 0) is 19.6 Å². The molecule has 206 valence electrons. The molecule has 2 aromatic rings. The van der Waals surface area contributed by atoms with Gasteiger partial charge in [-0.05, 0) is 54.0 Å². The van der Waals surface area contributed by atoms with Crippen LogP contribution < -0.4 is 5.73 Å². The van der Waals surface area contributed by atoms with Gasteiger partial charge in [-0.1, -0.05) is 88.2 Å². The van der Waals surface area contributed by atoms with Crippen molar-refractivity contribution in [2.45, 2.75) is 71.4 Å². The number of aryl methyl sites for hydroxylation is 1. The van der Waals surface area contributed by atoms with Crippen molar-refractivity contribution in [1.29, 1.82) is 0 Å². The fourth-order valence-electron chi connectivity index (χ4n) is 4.98. The van der Waals surface area contributed by atoms with Crippen LogP contribution in [0.15, 0.2) is 59.0 Å². The predicted octanol–water partition coefficient (Wildman–Crippen LogP) is 6.50. The molecule has 3 atom stereocenters. The highest BCUT2D eigenvalue weighted by atomic mass is 35.5. The lowest BCUT2D eigenvalue weighted by Crippen LogP contribution is -2.45. The molecule has 1 heterocycles. The number of benzene rings is 2. The summed E-state index contributed by atoms with van der Waals surface area (Å²) in [5.41, 5.74) is 6.50. The number of ketones is 1. The minimum Gasteiger partial charge on any atom is -0.369 e. The van der Waals surface area contributed by atoms with Crippen LogP contribution in [0.3, 0.4) is 0 Å². The van der Waals surface area contributed by atoms with Gasteiger partial charge < -0.3 is 5.73 Å². The van der Waals surface area contributed by atoms with Crippen molar-refractivity contribution >= 4 is 44.9 Å². The molecule has 0 spiro atoms. The fourth-order valence-corrected chi connectivity index (χ4v) is 7.42. The Hall–Kier alpha value is -2.19. The molecule has 0 saturated heterocycles. The Morgan fingerprint density at radius 1 is 1.05 bits per heavy atom. The summed E-state index contributed by atoms with van der Waals surface area (Å²) in [6, 6.07) is 10.0. The Labute approximate surface area is 236 Å². The summed E-state index contributed by atoms with van der Waals surface area (Å²) in [6.45, 7) is 11.4. The highest BCUT2D eigenvalue weighted by molar-refractivity contribution is 7.89. The number of amides is 1. The minimum atomic E-state index is -4.09. The second-order valence-corrected chi connectivity index (χ2v) is 14.1. The Morgan fingerprint density at radius 2 is 1.68 bits per heavy atom. The number of carbonyl (C=O) groups is 2. The molecule has 1 amide bonds. The summed E-state index contributed by atoms with van der Waals surface area (Å²) in [7, 11) is -4.09. The number of sulfonamides is 1. The molecule has 0 radical (unpaired) electrons. The van der Waals surface area contributed by atoms with Gasteiger partial charge in [-0.25, -0.2) is 8.42 Å². The monoisotopic (exact) mass is 578 g/mol. The minimum absolute atomic E-state index is 0.105. The van der Waals surface area contributed by atoms with Crippen LogP contribution in [0.2, 0.25) is 10.0 Å². The lowest BCUT2D eigenvalue weighted by molar-refractivity contribution is -0.126. The van der Waals surface area contributed by atoms with Gasteiger partial charge in [0, 0.05) is 24.0 Å². The third-order valence-electron chi connectivity index (χ3n) is 6.87. The van der Waals surface area contributed by atoms with Crippen molar-refractivity contribution in [2.24, 2.45) is 23.0 Å². The first-order valence-corrected chi connectivity index (χ1v) is 14.8. The van der Waals surface area contributed by atoms with Gasteiger partial charge in [0.2, 0.25) is 15.9 Å². The van der Waals surface area contributed by atoms with Crippen LogP contribution >= 0.6 is 23.2 Å². The molecule has 0 aliphatic carbocycles. The lowest BCUT2D eigenvalue weighted by Gasteiger charge is -2.37. The molecule has 2 N–H and O–H groups in total. The van der Waals surface area contributed by atoms with E-state index in [0.717, 1.165) is 0 Å². The molecule has 6 nitrogen and oxygen atoms in total. The van der Waals surface area contributed by atoms with Crippen molar-refractivity contribution in [2.75, 3.05) is 0 Å². The Bertz CT molecular complexity index is 1360. The summed E-state index contributed by atoms with van der Waals surface area (Å²) in [5.74, 6) is -1.37. The van der Waals surface area contributed by atoms with E-state index in [1.165, 1.54) is 4.31 Å². The molecule has 3 rings (SSSR count). The molecule has 0 bridgehead atoms. The molecule has 38 heavy (non-hydrogen) atoms. The maximum Gasteiger partial charge on any atom is 0.244 e. The van der Waals surface area contributed by atoms with E-state index in [-0.39, 0.29) is 28.0 Å². The molecule has 0 saturated carbocycles. The van der Waals surface area contributed by atoms with E-state index < -0.39 is 39.3 Å². The summed E-state index contributed by atoms with van der Waals surface area (Å²) >= 11 is 12.6. The first-order valence-electron chi connectivity index (χ1n) is 12.6. The Morgan fingerprint density at radius 3 is 2.21 bits per heavy atom. The van der Waals surface area contributed by atoms with Gasteiger partial charge in [-0.3, -0.25) is 9.59 Å². The van der Waals surface area contributed by atoms with Crippen LogP contribution in [-0.4, -0.2) is 30.5 Å². The Balaban J connectivity index is 2.24. The van der Waals surface area contributed by atoms with E-state index in [9.17, 15) is 18.0 Å². The van der Waals surface area contributed by atoms with Gasteiger partial charge in [0.25, 0.3) is 0 Å². The van der Waals surface area contributed by atoms with E-state index >= 15 is 0 Å². The number of nitrogens with two attached hydrogens (primary N) is 1. The maximum absolute atomic E-state index is 14.3. The zero-order valence-corrected chi connectivity index (χ0v) is 25.0. The van der Waals surface area contributed by atoms with Gasteiger partial charge in [-0.15, -0.1) is 0 Å². The third-order valence-corrected chi connectivity index (χ3v) is 9.61. The number of halogens is 2. The average Bonchev–Trinajstić information content (AvgIpc) is 3.22. The number of Topliss-reactive ketones (excluding diaryl/α,β-unsaturated/α-hetero) is 1. The molecule has 9 heteroatoms. The normalized spacial score (nSPS) is 19.4. The molecule has 2 aromatic carbocycles. The van der Waals surface area contributed by atoms with Gasteiger partial charge >= 0.3 is 0 Å². The van der Waals surface area contributed by atoms with Crippen molar-refractivity contribution in [3.8, 4) is 0 Å². The summed E-state index contributed by atoms with van der Waals surface area (Å²) < 4.78 is 30.1. The molecule has 1 aliphatic heterocycles. The summed E-state index contributed by atoms with van der Waals surface area (Å²) in [5, 5.41) is 0.565. The number of hydrogen-bond acceptors (Lipinski definition) is 4. The van der Waals surface area contributed by atoms with E-state index in [0.29, 0.717) is 28.1 Å². The smallest absolute Gasteiger partial charge is 0.244 e. The highest BCUT2D eigenvalue weighted by Gasteiger charge is 2.50. The van der Waals surface area contributed by atoms with Crippen LogP contribution in [0.25, 0.3) is 0 Å². The molecule has 1 unspecified atom stereocenters. The topological polar surface area (TPSA) is 97.5 Å². The molecular formula is C29H36Cl2N2O4S. The summed E-state index contributed by atoms with van der Waals surface area (Å²) in [6.07, 6.45) is 2.09. The van der Waals surface area contributed by atoms with Crippen LogP contribution in [0.5, 0.6) is 0 Å². The van der Waals surface area contributed by atoms with E-state index in [1.54, 1.807) is 55.5 Å². The molecule has 0 aromatic heterocycles. The van der Waals surface area contributed by atoms with Gasteiger partial charge in [0.05, 0.1) is 21.0 Å². The van der Waals surface area contributed by atoms with Gasteiger partial charge in [0.15, 0.2) is 5.78 Å². The average molecular weight is 580 g/mol. The second-order valence-electron chi connectivity index (χ2n) is 11.5. The predicted molar refractivity (Wildman–Crippen MR) is 152 cm³/mol. The highest BCUT2D eigenvalue weighted by Crippen LogP contribution is 2.47. The number of rotatable bonds is 9. The van der Waals surface area contributed by atoms with Crippen molar-refractivity contribution < 1.29 is 18.0 Å². The second kappa shape index (κ2) is 11.5. The first kappa shape index (κ1) is 30.4. The molecule has 1 aliphatic rings. The SMILES string of the molecule is Cc1ccccc1S(=O)(=O)N1C(c2ccc(Cl)c(Cl)c2)C(C(=O)C[C@@H](CC(C)C)C(N)=O)=C[C@H]1C(C)(C)C. The Kier molecular flexibility index (Phi) is 9.19. The third kappa shape index (κ3) is 6.33. The van der Waals surface area contributed by atoms with Gasteiger partial charge in [0.1, 0.15) is 0 Å². The van der Waals surface area contributed by atoms with Gasteiger partial charge in [-0.2, -0.15) is 4.31 Å². The van der Waals surface area contributed by atoms with Crippen molar-refractivity contribution in [1.82, 2.24) is 4.31 Å². The number of nitrogens with zero attached hydrogens (tertiary/aromatic N) is 1. The van der Waals surface area contributed by atoms with Crippen molar-refractivity contribution in [3.63, 3.8) is 0 Å². The van der Waals surface area contributed by atoms with E-state index in [4.69, 9.17) is 28.9 Å². The number of hydrogen-bond donors (Lipinski definition) is 1.